The zero-order chi connectivity index (χ0) is 10.8. The van der Waals surface area contributed by atoms with E-state index < -0.39 is 0 Å². The molecule has 15 heavy (non-hydrogen) atoms. The first kappa shape index (κ1) is 10.6. The summed E-state index contributed by atoms with van der Waals surface area (Å²) < 4.78 is 5.39. The minimum absolute atomic E-state index is 0.361. The van der Waals surface area contributed by atoms with Crippen molar-refractivity contribution >= 4 is 23.0 Å². The van der Waals surface area contributed by atoms with Gasteiger partial charge >= 0.3 is 0 Å². The average Bonchev–Trinajstić information content (AvgIpc) is 2.20. The van der Waals surface area contributed by atoms with Gasteiger partial charge in [0.05, 0.1) is 23.9 Å². The Labute approximate surface area is 94.8 Å². The fourth-order valence-corrected chi connectivity index (χ4v) is 2.14. The van der Waals surface area contributed by atoms with Crippen LogP contribution in [0.2, 0.25) is 5.02 Å². The molecular formula is C11H15ClN2O. The molecule has 82 valence electrons. The Morgan fingerprint density at radius 1 is 1.53 bits per heavy atom. The molecule has 0 bridgehead atoms. The van der Waals surface area contributed by atoms with Gasteiger partial charge in [0, 0.05) is 18.3 Å². The lowest BCUT2D eigenvalue weighted by Crippen LogP contribution is -2.43. The van der Waals surface area contributed by atoms with E-state index in [1.165, 1.54) is 0 Å². The highest BCUT2D eigenvalue weighted by atomic mass is 35.5. The van der Waals surface area contributed by atoms with E-state index >= 15 is 0 Å². The van der Waals surface area contributed by atoms with Gasteiger partial charge in [-0.05, 0) is 25.1 Å². The van der Waals surface area contributed by atoms with Crippen LogP contribution in [0.15, 0.2) is 18.2 Å². The predicted octanol–water partition coefficient (Wildman–Crippen LogP) is 2.15. The summed E-state index contributed by atoms with van der Waals surface area (Å²) in [6.45, 7) is 4.52. The van der Waals surface area contributed by atoms with Crippen LogP contribution in [0, 0.1) is 0 Å². The lowest BCUT2D eigenvalue weighted by Gasteiger charge is -2.35. The van der Waals surface area contributed by atoms with E-state index in [1.807, 2.05) is 12.1 Å². The molecule has 4 heteroatoms. The lowest BCUT2D eigenvalue weighted by molar-refractivity contribution is 0.0989. The van der Waals surface area contributed by atoms with Crippen LogP contribution in [0.5, 0.6) is 0 Å². The van der Waals surface area contributed by atoms with Gasteiger partial charge in [0.15, 0.2) is 0 Å². The second-order valence-corrected chi connectivity index (χ2v) is 4.24. The van der Waals surface area contributed by atoms with Crippen LogP contribution in [-0.4, -0.2) is 25.8 Å². The number of benzene rings is 1. The maximum atomic E-state index is 6.17. The first-order valence-corrected chi connectivity index (χ1v) is 5.45. The molecule has 1 aliphatic heterocycles. The zero-order valence-corrected chi connectivity index (χ0v) is 9.50. The van der Waals surface area contributed by atoms with Crippen molar-refractivity contribution in [3.8, 4) is 0 Å². The smallest absolute Gasteiger partial charge is 0.0668 e. The predicted molar refractivity (Wildman–Crippen MR) is 63.5 cm³/mol. The van der Waals surface area contributed by atoms with Crippen molar-refractivity contribution in [1.82, 2.24) is 0 Å². The molecule has 1 heterocycles. The normalized spacial score (nSPS) is 21.7. The number of nitrogens with two attached hydrogens (primary N) is 1. The number of nitrogens with zero attached hydrogens (tertiary/aromatic N) is 1. The maximum absolute atomic E-state index is 6.17. The first-order valence-electron chi connectivity index (χ1n) is 5.08. The molecule has 0 aliphatic carbocycles. The van der Waals surface area contributed by atoms with Crippen LogP contribution in [0.3, 0.4) is 0 Å². The molecule has 0 radical (unpaired) electrons. The highest BCUT2D eigenvalue weighted by Gasteiger charge is 2.20. The zero-order valence-electron chi connectivity index (χ0n) is 8.74. The number of hydrogen-bond donors (Lipinski definition) is 1. The first-order chi connectivity index (χ1) is 7.18. The maximum Gasteiger partial charge on any atom is 0.0668 e. The summed E-state index contributed by atoms with van der Waals surface area (Å²) in [4.78, 5) is 2.26. The summed E-state index contributed by atoms with van der Waals surface area (Å²) in [6, 6.07) is 6.00. The average molecular weight is 227 g/mol. The van der Waals surface area contributed by atoms with Crippen LogP contribution >= 0.6 is 11.6 Å². The lowest BCUT2D eigenvalue weighted by atomic mass is 10.2. The van der Waals surface area contributed by atoms with E-state index in [2.05, 4.69) is 11.8 Å². The van der Waals surface area contributed by atoms with Gasteiger partial charge in [0.2, 0.25) is 0 Å². The second-order valence-electron chi connectivity index (χ2n) is 3.83. The van der Waals surface area contributed by atoms with Gasteiger partial charge in [-0.25, -0.2) is 0 Å². The van der Waals surface area contributed by atoms with Crippen molar-refractivity contribution in [2.24, 2.45) is 0 Å². The highest BCUT2D eigenvalue weighted by Crippen LogP contribution is 2.30. The Bertz CT molecular complexity index is 356. The van der Waals surface area contributed by atoms with Crippen molar-refractivity contribution in [2.75, 3.05) is 30.4 Å². The van der Waals surface area contributed by atoms with Crippen LogP contribution in [-0.2, 0) is 4.74 Å². The van der Waals surface area contributed by atoms with Crippen molar-refractivity contribution < 1.29 is 4.74 Å². The largest absolute Gasteiger partial charge is 0.399 e. The van der Waals surface area contributed by atoms with Crippen LogP contribution in [0.4, 0.5) is 11.4 Å². The van der Waals surface area contributed by atoms with E-state index in [0.29, 0.717) is 16.8 Å². The van der Waals surface area contributed by atoms with Crippen LogP contribution < -0.4 is 10.6 Å². The third kappa shape index (κ3) is 2.19. The van der Waals surface area contributed by atoms with Crippen LogP contribution in [0.25, 0.3) is 0 Å². The van der Waals surface area contributed by atoms with Gasteiger partial charge in [0.25, 0.3) is 0 Å². The van der Waals surface area contributed by atoms with Gasteiger partial charge < -0.3 is 15.4 Å². The fraction of sp³-hybridized carbons (Fsp3) is 0.455. The molecule has 1 saturated heterocycles. The number of halogens is 1. The molecule has 0 spiro atoms. The number of ether oxygens (including phenoxy) is 1. The summed E-state index contributed by atoms with van der Waals surface area (Å²) in [5.41, 5.74) is 7.41. The SMILES string of the molecule is C[C@H]1COCCN1c1ccc(N)cc1Cl. The minimum atomic E-state index is 0.361. The summed E-state index contributed by atoms with van der Waals surface area (Å²) in [7, 11) is 0. The Morgan fingerprint density at radius 2 is 2.33 bits per heavy atom. The second kappa shape index (κ2) is 4.29. The van der Waals surface area contributed by atoms with Crippen LogP contribution in [0.1, 0.15) is 6.92 Å². The Kier molecular flexibility index (Phi) is 3.03. The highest BCUT2D eigenvalue weighted by molar-refractivity contribution is 6.33. The van der Waals surface area contributed by atoms with Gasteiger partial charge in [-0.3, -0.25) is 0 Å². The quantitative estimate of drug-likeness (QED) is 0.746. The molecule has 0 saturated carbocycles. The van der Waals surface area contributed by atoms with Gasteiger partial charge in [-0.2, -0.15) is 0 Å². The molecule has 1 aromatic rings. The Morgan fingerprint density at radius 3 is 3.00 bits per heavy atom. The molecule has 0 unspecified atom stereocenters. The Hall–Kier alpha value is -0.930. The summed E-state index contributed by atoms with van der Waals surface area (Å²) >= 11 is 6.17. The van der Waals surface area contributed by atoms with E-state index in [-0.39, 0.29) is 0 Å². The Balaban J connectivity index is 2.27. The number of morpholine rings is 1. The van der Waals surface area contributed by atoms with Gasteiger partial charge in [0.1, 0.15) is 0 Å². The number of anilines is 2. The molecule has 1 aliphatic rings. The van der Waals surface area contributed by atoms with E-state index in [9.17, 15) is 0 Å². The number of nitrogen functional groups attached to an aromatic ring is 1. The molecular weight excluding hydrogens is 212 g/mol. The standard InChI is InChI=1S/C11H15ClN2O/c1-8-7-15-5-4-14(8)11-3-2-9(13)6-10(11)12/h2-3,6,8H,4-5,7,13H2,1H3/t8-/m0/s1. The molecule has 0 aromatic heterocycles. The van der Waals surface area contributed by atoms with E-state index in [1.54, 1.807) is 6.07 Å². The third-order valence-electron chi connectivity index (χ3n) is 2.65. The third-order valence-corrected chi connectivity index (χ3v) is 2.95. The van der Waals surface area contributed by atoms with E-state index in [4.69, 9.17) is 22.1 Å². The van der Waals surface area contributed by atoms with Gasteiger partial charge in [-0.15, -0.1) is 0 Å². The molecule has 1 atom stereocenters. The van der Waals surface area contributed by atoms with E-state index in [0.717, 1.165) is 25.4 Å². The van der Waals surface area contributed by atoms with Crippen molar-refractivity contribution in [2.45, 2.75) is 13.0 Å². The number of hydrogen-bond acceptors (Lipinski definition) is 3. The summed E-state index contributed by atoms with van der Waals surface area (Å²) in [5.74, 6) is 0. The topological polar surface area (TPSA) is 38.5 Å². The van der Waals surface area contributed by atoms with Crippen molar-refractivity contribution in [1.29, 1.82) is 0 Å². The summed E-state index contributed by atoms with van der Waals surface area (Å²) in [5, 5.41) is 0.712. The van der Waals surface area contributed by atoms with Crippen molar-refractivity contribution in [3.63, 3.8) is 0 Å². The fourth-order valence-electron chi connectivity index (χ4n) is 1.84. The molecule has 0 amide bonds. The molecule has 2 rings (SSSR count). The van der Waals surface area contributed by atoms with Crippen molar-refractivity contribution in [3.05, 3.63) is 23.2 Å². The monoisotopic (exact) mass is 226 g/mol. The molecule has 1 aromatic carbocycles. The minimum Gasteiger partial charge on any atom is -0.399 e. The molecule has 2 N–H and O–H groups in total. The summed E-state index contributed by atoms with van der Waals surface area (Å²) in [6.07, 6.45) is 0. The molecule has 1 fully saturated rings. The van der Waals surface area contributed by atoms with Gasteiger partial charge in [-0.1, -0.05) is 11.6 Å². The number of rotatable bonds is 1. The molecule has 3 nitrogen and oxygen atoms in total.